The van der Waals surface area contributed by atoms with Crippen molar-refractivity contribution in [2.45, 2.75) is 19.5 Å². The third-order valence-corrected chi connectivity index (χ3v) is 3.37. The minimum absolute atomic E-state index is 0.483. The molecule has 0 aliphatic carbocycles. The predicted molar refractivity (Wildman–Crippen MR) is 81.0 cm³/mol. The Balaban J connectivity index is 2.76. The van der Waals surface area contributed by atoms with Gasteiger partial charge in [0.2, 0.25) is 5.75 Å². The van der Waals surface area contributed by atoms with E-state index in [9.17, 15) is 0 Å². The van der Waals surface area contributed by atoms with Crippen molar-refractivity contribution in [3.63, 3.8) is 0 Å². The Hall–Kier alpha value is -1.46. The lowest BCUT2D eigenvalue weighted by molar-refractivity contribution is 0.302. The molecule has 0 amide bonds. The first-order valence-corrected chi connectivity index (χ1v) is 6.69. The normalized spacial score (nSPS) is 12.3. The molecule has 0 aliphatic rings. The van der Waals surface area contributed by atoms with E-state index in [1.807, 2.05) is 12.1 Å². The molecule has 0 saturated carbocycles. The van der Waals surface area contributed by atoms with E-state index in [1.54, 1.807) is 21.3 Å². The number of likely N-dealkylation sites (N-methyl/N-ethyl adjacent to an activating group) is 1. The number of hydrogen-bond acceptors (Lipinski definition) is 5. The van der Waals surface area contributed by atoms with Gasteiger partial charge in [0.05, 0.1) is 21.3 Å². The van der Waals surface area contributed by atoms with Gasteiger partial charge in [-0.2, -0.15) is 0 Å². The maximum absolute atomic E-state index is 5.34. The van der Waals surface area contributed by atoms with Crippen LogP contribution in [0.15, 0.2) is 12.1 Å². The average molecular weight is 282 g/mol. The van der Waals surface area contributed by atoms with E-state index in [4.69, 9.17) is 14.2 Å². The van der Waals surface area contributed by atoms with Crippen LogP contribution in [0.1, 0.15) is 12.5 Å². The number of nitrogens with one attached hydrogen (secondary N) is 1. The fourth-order valence-electron chi connectivity index (χ4n) is 1.85. The zero-order valence-electron chi connectivity index (χ0n) is 13.3. The van der Waals surface area contributed by atoms with Crippen molar-refractivity contribution in [3.05, 3.63) is 17.7 Å². The Morgan fingerprint density at radius 1 is 1.05 bits per heavy atom. The number of rotatable bonds is 8. The molecule has 1 aromatic carbocycles. The van der Waals surface area contributed by atoms with Crippen LogP contribution in [0.5, 0.6) is 17.2 Å². The molecule has 1 rings (SSSR count). The van der Waals surface area contributed by atoms with Crippen molar-refractivity contribution in [1.82, 2.24) is 10.2 Å². The van der Waals surface area contributed by atoms with E-state index in [-0.39, 0.29) is 0 Å². The van der Waals surface area contributed by atoms with Crippen LogP contribution >= 0.6 is 0 Å². The van der Waals surface area contributed by atoms with Gasteiger partial charge in [-0.25, -0.2) is 0 Å². The summed E-state index contributed by atoms with van der Waals surface area (Å²) in [7, 11) is 9.01. The number of hydrogen-bond donors (Lipinski definition) is 1. The van der Waals surface area contributed by atoms with E-state index >= 15 is 0 Å². The van der Waals surface area contributed by atoms with Crippen molar-refractivity contribution >= 4 is 0 Å². The van der Waals surface area contributed by atoms with Crippen molar-refractivity contribution in [3.8, 4) is 17.2 Å². The van der Waals surface area contributed by atoms with Gasteiger partial charge < -0.3 is 24.4 Å². The predicted octanol–water partition coefficient (Wildman–Crippen LogP) is 1.75. The molecule has 1 atom stereocenters. The second-order valence-electron chi connectivity index (χ2n) is 4.98. The molecule has 5 heteroatoms. The summed E-state index contributed by atoms with van der Waals surface area (Å²) in [5.41, 5.74) is 1.10. The third kappa shape index (κ3) is 4.28. The number of methoxy groups -OCH3 is 3. The highest BCUT2D eigenvalue weighted by Crippen LogP contribution is 2.38. The van der Waals surface area contributed by atoms with E-state index in [0.29, 0.717) is 23.3 Å². The summed E-state index contributed by atoms with van der Waals surface area (Å²) in [5.74, 6) is 1.99. The molecule has 1 N–H and O–H groups in total. The van der Waals surface area contributed by atoms with Gasteiger partial charge >= 0.3 is 0 Å². The lowest BCUT2D eigenvalue weighted by Crippen LogP contribution is -2.35. The van der Waals surface area contributed by atoms with Gasteiger partial charge in [0.15, 0.2) is 11.5 Å². The van der Waals surface area contributed by atoms with Crippen LogP contribution in [0, 0.1) is 0 Å². The van der Waals surface area contributed by atoms with E-state index < -0.39 is 0 Å². The van der Waals surface area contributed by atoms with Crippen LogP contribution < -0.4 is 19.5 Å². The molecule has 0 bridgehead atoms. The van der Waals surface area contributed by atoms with Gasteiger partial charge in [0, 0.05) is 19.1 Å². The molecule has 0 heterocycles. The van der Waals surface area contributed by atoms with Gasteiger partial charge in [-0.3, -0.25) is 0 Å². The minimum Gasteiger partial charge on any atom is -0.493 e. The average Bonchev–Trinajstić information content (AvgIpc) is 2.45. The lowest BCUT2D eigenvalue weighted by Gasteiger charge is -2.20. The number of ether oxygens (including phenoxy) is 3. The standard InChI is InChI=1S/C15H26N2O3/c1-11(17(2)3)9-16-10-12-7-13(18-4)15(20-6)14(8-12)19-5/h7-8,11,16H,9-10H2,1-6H3. The van der Waals surface area contributed by atoms with Crippen LogP contribution in [-0.2, 0) is 6.54 Å². The van der Waals surface area contributed by atoms with Crippen molar-refractivity contribution in [2.24, 2.45) is 0 Å². The summed E-state index contributed by atoms with van der Waals surface area (Å²) in [5, 5.41) is 3.43. The van der Waals surface area contributed by atoms with Gasteiger partial charge in [-0.05, 0) is 38.7 Å². The van der Waals surface area contributed by atoms with Gasteiger partial charge in [0.1, 0.15) is 0 Å². The fraction of sp³-hybridized carbons (Fsp3) is 0.600. The second-order valence-corrected chi connectivity index (χ2v) is 4.98. The van der Waals surface area contributed by atoms with Crippen molar-refractivity contribution < 1.29 is 14.2 Å². The van der Waals surface area contributed by atoms with E-state index in [0.717, 1.165) is 18.7 Å². The maximum atomic E-state index is 5.34. The first-order valence-electron chi connectivity index (χ1n) is 6.69. The maximum Gasteiger partial charge on any atom is 0.203 e. The quantitative estimate of drug-likeness (QED) is 0.787. The molecule has 0 radical (unpaired) electrons. The van der Waals surface area contributed by atoms with Crippen LogP contribution in [0.25, 0.3) is 0 Å². The SMILES string of the molecule is COc1cc(CNCC(C)N(C)C)cc(OC)c1OC. The summed E-state index contributed by atoms with van der Waals surface area (Å²) in [6, 6.07) is 4.42. The summed E-state index contributed by atoms with van der Waals surface area (Å²) >= 11 is 0. The van der Waals surface area contributed by atoms with Gasteiger partial charge in [-0.15, -0.1) is 0 Å². The Morgan fingerprint density at radius 3 is 2.00 bits per heavy atom. The molecular formula is C15H26N2O3. The molecule has 0 aromatic heterocycles. The van der Waals surface area contributed by atoms with E-state index in [2.05, 4.69) is 31.2 Å². The summed E-state index contributed by atoms with van der Waals surface area (Å²) in [6.07, 6.45) is 0. The molecule has 0 spiro atoms. The second kappa shape index (κ2) is 7.97. The molecule has 0 aliphatic heterocycles. The molecule has 0 fully saturated rings. The first kappa shape index (κ1) is 16.6. The van der Waals surface area contributed by atoms with Crippen LogP contribution in [-0.4, -0.2) is 52.9 Å². The highest BCUT2D eigenvalue weighted by atomic mass is 16.5. The summed E-state index contributed by atoms with van der Waals surface area (Å²) in [4.78, 5) is 2.18. The largest absolute Gasteiger partial charge is 0.493 e. The zero-order chi connectivity index (χ0) is 15.1. The highest BCUT2D eigenvalue weighted by molar-refractivity contribution is 5.53. The molecule has 1 unspecified atom stereocenters. The number of nitrogens with zero attached hydrogens (tertiary/aromatic N) is 1. The van der Waals surface area contributed by atoms with Gasteiger partial charge in [-0.1, -0.05) is 0 Å². The molecule has 5 nitrogen and oxygen atoms in total. The molecule has 114 valence electrons. The topological polar surface area (TPSA) is 43.0 Å². The zero-order valence-corrected chi connectivity index (χ0v) is 13.3. The van der Waals surface area contributed by atoms with Crippen LogP contribution in [0.3, 0.4) is 0 Å². The Kier molecular flexibility index (Phi) is 6.61. The van der Waals surface area contributed by atoms with Crippen LogP contribution in [0.4, 0.5) is 0 Å². The fourth-order valence-corrected chi connectivity index (χ4v) is 1.85. The van der Waals surface area contributed by atoms with Gasteiger partial charge in [0.25, 0.3) is 0 Å². The summed E-state index contributed by atoms with van der Waals surface area (Å²) < 4.78 is 16.0. The van der Waals surface area contributed by atoms with E-state index in [1.165, 1.54) is 0 Å². The Bertz CT molecular complexity index is 397. The summed E-state index contributed by atoms with van der Waals surface area (Å²) in [6.45, 7) is 3.86. The van der Waals surface area contributed by atoms with Crippen LogP contribution in [0.2, 0.25) is 0 Å². The molecular weight excluding hydrogens is 256 g/mol. The number of benzene rings is 1. The molecule has 20 heavy (non-hydrogen) atoms. The van der Waals surface area contributed by atoms with Crippen molar-refractivity contribution in [1.29, 1.82) is 0 Å². The Morgan fingerprint density at radius 2 is 1.60 bits per heavy atom. The highest BCUT2D eigenvalue weighted by Gasteiger charge is 2.13. The monoisotopic (exact) mass is 282 g/mol. The third-order valence-electron chi connectivity index (χ3n) is 3.37. The lowest BCUT2D eigenvalue weighted by atomic mass is 10.1. The molecule has 0 saturated heterocycles. The van der Waals surface area contributed by atoms with Crippen molar-refractivity contribution in [2.75, 3.05) is 42.0 Å². The molecule has 1 aromatic rings. The minimum atomic E-state index is 0.483. The Labute approximate surface area is 121 Å². The smallest absolute Gasteiger partial charge is 0.203 e. The first-order chi connectivity index (χ1) is 9.53.